The molecule has 0 heterocycles. The number of benzene rings is 6. The van der Waals surface area contributed by atoms with Gasteiger partial charge in [0.05, 0.1) is 13.2 Å². The van der Waals surface area contributed by atoms with Gasteiger partial charge in [0.25, 0.3) is 0 Å². The Morgan fingerprint density at radius 2 is 0.552 bits per heavy atom. The monoisotopic (exact) mass is 798 g/mol. The van der Waals surface area contributed by atoms with Crippen LogP contribution in [0.1, 0.15) is 33.4 Å². The Bertz CT molecular complexity index is 1970. The summed E-state index contributed by atoms with van der Waals surface area (Å²) in [5, 5.41) is 26.8. The van der Waals surface area contributed by atoms with Crippen molar-refractivity contribution in [2.24, 2.45) is 0 Å². The molecule has 0 fully saturated rings. The molecule has 0 unspecified atom stereocenters. The first-order valence-corrected chi connectivity index (χ1v) is 26.9. The third-order valence-electron chi connectivity index (χ3n) is 10.0. The molecule has 6 aromatic carbocycles. The number of hydrogen-bond donors (Lipinski definition) is 2. The molecule has 2 N–H and O–H groups in total. The van der Waals surface area contributed by atoms with Crippen LogP contribution in [0.25, 0.3) is 0 Å². The smallest absolute Gasteiger partial charge is 0.190 e. The van der Waals surface area contributed by atoms with E-state index in [9.17, 15) is 10.2 Å². The highest BCUT2D eigenvalue weighted by Crippen LogP contribution is 2.44. The summed E-state index contributed by atoms with van der Waals surface area (Å²) in [5.74, 6) is 6.44. The Morgan fingerprint density at radius 1 is 0.362 bits per heavy atom. The summed E-state index contributed by atoms with van der Waals surface area (Å²) >= 11 is 0. The van der Waals surface area contributed by atoms with Gasteiger partial charge in [0, 0.05) is 0 Å². The summed E-state index contributed by atoms with van der Waals surface area (Å²) in [6.45, 7) is 11.8. The summed E-state index contributed by atoms with van der Waals surface area (Å²) in [4.78, 5) is 0. The molecule has 0 amide bonds. The second-order valence-electron chi connectivity index (χ2n) is 16.9. The summed E-state index contributed by atoms with van der Waals surface area (Å²) in [6, 6.07) is 60.0. The van der Waals surface area contributed by atoms with Crippen LogP contribution in [-0.4, -0.2) is 50.8 Å². The van der Waals surface area contributed by atoms with Gasteiger partial charge in [0.2, 0.25) is 0 Å². The minimum atomic E-state index is -2.24. The first-order valence-electron chi connectivity index (χ1n) is 19.9. The van der Waals surface area contributed by atoms with Crippen molar-refractivity contribution in [2.75, 3.05) is 13.2 Å². The van der Waals surface area contributed by atoms with Crippen LogP contribution in [0.2, 0.25) is 39.3 Å². The SMILES string of the molecule is C[Si](C)(C)C#C[C@@](O)(COC(c1ccccc1)(c1ccccc1)c1ccccc1)[C@](O)(C#C[Si](C)(C)C)COC(c1ccccc1)(c1ccccc1)c1ccccc1. The maximum atomic E-state index is 13.4. The Morgan fingerprint density at radius 3 is 0.724 bits per heavy atom. The zero-order valence-corrected chi connectivity index (χ0v) is 36.4. The fourth-order valence-electron chi connectivity index (χ4n) is 7.06. The van der Waals surface area contributed by atoms with E-state index in [-0.39, 0.29) is 0 Å². The third-order valence-corrected chi connectivity index (χ3v) is 11.8. The zero-order chi connectivity index (χ0) is 41.3. The van der Waals surface area contributed by atoms with Crippen LogP contribution in [-0.2, 0) is 20.7 Å². The average molecular weight is 799 g/mol. The largest absolute Gasteiger partial charge is 0.372 e. The van der Waals surface area contributed by atoms with Gasteiger partial charge in [-0.25, -0.2) is 0 Å². The highest BCUT2D eigenvalue weighted by molar-refractivity contribution is 6.84. The minimum Gasteiger partial charge on any atom is -0.372 e. The predicted octanol–water partition coefficient (Wildman–Crippen LogP) is 10.2. The Labute approximate surface area is 347 Å². The van der Waals surface area contributed by atoms with E-state index in [0.29, 0.717) is 0 Å². The Kier molecular flexibility index (Phi) is 12.9. The van der Waals surface area contributed by atoms with Crippen LogP contribution in [0, 0.1) is 22.9 Å². The Hall–Kier alpha value is -5.29. The number of ether oxygens (including phenoxy) is 2. The second kappa shape index (κ2) is 17.7. The van der Waals surface area contributed by atoms with Gasteiger partial charge in [-0.2, -0.15) is 0 Å². The second-order valence-corrected chi connectivity index (χ2v) is 26.4. The van der Waals surface area contributed by atoms with Crippen molar-refractivity contribution in [3.63, 3.8) is 0 Å². The molecule has 294 valence electrons. The molecule has 0 bridgehead atoms. The van der Waals surface area contributed by atoms with Crippen molar-refractivity contribution in [3.05, 3.63) is 215 Å². The van der Waals surface area contributed by atoms with Crippen molar-refractivity contribution < 1.29 is 19.7 Å². The summed E-state index contributed by atoms with van der Waals surface area (Å²) in [7, 11) is -4.32. The van der Waals surface area contributed by atoms with Gasteiger partial charge in [-0.3, -0.25) is 0 Å². The van der Waals surface area contributed by atoms with Gasteiger partial charge in [-0.1, -0.05) is 233 Å². The van der Waals surface area contributed by atoms with Gasteiger partial charge in [0.15, 0.2) is 11.2 Å². The van der Waals surface area contributed by atoms with Crippen LogP contribution in [0.3, 0.4) is 0 Å². The van der Waals surface area contributed by atoms with Gasteiger partial charge >= 0.3 is 0 Å². The van der Waals surface area contributed by atoms with E-state index in [1.165, 1.54) is 0 Å². The third kappa shape index (κ3) is 9.36. The van der Waals surface area contributed by atoms with E-state index in [1.54, 1.807) is 0 Å². The topological polar surface area (TPSA) is 58.9 Å². The molecule has 4 nitrogen and oxygen atoms in total. The summed E-state index contributed by atoms with van der Waals surface area (Å²) in [5.41, 5.74) is 5.08. The van der Waals surface area contributed by atoms with E-state index < -0.39 is 51.8 Å². The fourth-order valence-corrected chi connectivity index (χ4v) is 8.23. The molecule has 0 radical (unpaired) electrons. The zero-order valence-electron chi connectivity index (χ0n) is 34.4. The van der Waals surface area contributed by atoms with Crippen molar-refractivity contribution >= 4 is 16.1 Å². The minimum absolute atomic E-state index is 0.404. The van der Waals surface area contributed by atoms with Gasteiger partial charge in [-0.05, 0) is 33.4 Å². The number of hydrogen-bond acceptors (Lipinski definition) is 4. The van der Waals surface area contributed by atoms with Crippen molar-refractivity contribution in [1.29, 1.82) is 0 Å². The lowest BCUT2D eigenvalue weighted by Crippen LogP contribution is -2.60. The summed E-state index contributed by atoms with van der Waals surface area (Å²) in [6.07, 6.45) is 0. The molecule has 0 spiro atoms. The van der Waals surface area contributed by atoms with E-state index in [2.05, 4.69) is 62.2 Å². The van der Waals surface area contributed by atoms with Crippen molar-refractivity contribution in [3.8, 4) is 22.9 Å². The molecule has 0 aliphatic rings. The molecule has 0 aliphatic heterocycles. The first-order chi connectivity index (χ1) is 27.7. The van der Waals surface area contributed by atoms with E-state index in [1.807, 2.05) is 182 Å². The Balaban J connectivity index is 1.58. The van der Waals surface area contributed by atoms with Crippen molar-refractivity contribution in [2.45, 2.75) is 61.7 Å². The first kappa shape index (κ1) is 42.3. The average Bonchev–Trinajstić information content (AvgIpc) is 3.24. The quantitative estimate of drug-likeness (QED) is 0.0694. The summed E-state index contributed by atoms with van der Waals surface area (Å²) < 4.78 is 14.5. The fraction of sp³-hybridized carbons (Fsp3) is 0.231. The molecule has 6 rings (SSSR count). The molecule has 0 saturated heterocycles. The molecular formula is C52H54O4Si2. The number of aliphatic hydroxyl groups is 2. The molecule has 2 atom stereocenters. The lowest BCUT2D eigenvalue weighted by atomic mass is 9.78. The lowest BCUT2D eigenvalue weighted by Gasteiger charge is -2.44. The molecule has 6 heteroatoms. The van der Waals surface area contributed by atoms with Crippen LogP contribution < -0.4 is 0 Å². The highest BCUT2D eigenvalue weighted by Gasteiger charge is 2.53. The van der Waals surface area contributed by atoms with Crippen LogP contribution in [0.15, 0.2) is 182 Å². The van der Waals surface area contributed by atoms with E-state index in [4.69, 9.17) is 9.47 Å². The predicted molar refractivity (Wildman–Crippen MR) is 242 cm³/mol. The van der Waals surface area contributed by atoms with Crippen molar-refractivity contribution in [1.82, 2.24) is 0 Å². The molecule has 6 aromatic rings. The van der Waals surface area contributed by atoms with Gasteiger partial charge in [0.1, 0.15) is 27.3 Å². The molecule has 0 aromatic heterocycles. The van der Waals surface area contributed by atoms with Gasteiger partial charge < -0.3 is 19.7 Å². The van der Waals surface area contributed by atoms with E-state index in [0.717, 1.165) is 33.4 Å². The lowest BCUT2D eigenvalue weighted by molar-refractivity contribution is -0.174. The highest BCUT2D eigenvalue weighted by atomic mass is 28.3. The molecule has 0 aliphatic carbocycles. The maximum Gasteiger partial charge on any atom is 0.190 e. The van der Waals surface area contributed by atoms with Crippen LogP contribution in [0.5, 0.6) is 0 Å². The molecular weight excluding hydrogens is 745 g/mol. The molecule has 58 heavy (non-hydrogen) atoms. The normalized spacial score (nSPS) is 14.1. The van der Waals surface area contributed by atoms with Crippen LogP contribution >= 0.6 is 0 Å². The molecule has 0 saturated carbocycles. The van der Waals surface area contributed by atoms with Gasteiger partial charge in [-0.15, -0.1) is 11.1 Å². The standard InChI is InChI=1S/C52H54O4Si2/c1-57(2,3)39-37-49(53,41-55-51(43-25-13-7-14-26-43,44-27-15-8-16-28-44)45-29-17-9-18-30-45)50(54,38-40-58(4,5)6)42-56-52(46-31-19-10-20-32-46,47-33-21-11-22-34-47)48-35-23-12-24-36-48/h7-36,53-54H,41-42H2,1-6H3/t49-,50+. The van der Waals surface area contributed by atoms with Crippen LogP contribution in [0.4, 0.5) is 0 Å². The van der Waals surface area contributed by atoms with E-state index >= 15 is 0 Å². The maximum absolute atomic E-state index is 13.4. The number of rotatable bonds is 13.